The Hall–Kier alpha value is -0.0200. The van der Waals surface area contributed by atoms with Gasteiger partial charge in [0.05, 0.1) is 0 Å². The lowest BCUT2D eigenvalue weighted by Crippen LogP contribution is -2.42. The molecular weight excluding hydrogens is 194 g/mol. The van der Waals surface area contributed by atoms with Gasteiger partial charge in [-0.05, 0) is 25.5 Å². The SMILES string of the molecule is CC1(CN2CCC(=O)CC2)CCCS1. The summed E-state index contributed by atoms with van der Waals surface area (Å²) in [5.41, 5.74) is 0. The molecule has 0 aliphatic carbocycles. The number of nitrogens with zero attached hydrogens (tertiary/aromatic N) is 1. The van der Waals surface area contributed by atoms with E-state index in [9.17, 15) is 4.79 Å². The first-order chi connectivity index (χ1) is 6.68. The van der Waals surface area contributed by atoms with Gasteiger partial charge in [0.15, 0.2) is 0 Å². The Morgan fingerprint density at radius 3 is 2.71 bits per heavy atom. The van der Waals surface area contributed by atoms with Gasteiger partial charge in [-0.15, -0.1) is 0 Å². The average molecular weight is 213 g/mol. The molecule has 2 aliphatic rings. The molecule has 2 heterocycles. The molecule has 0 aromatic rings. The Balaban J connectivity index is 1.82. The second-order valence-electron chi connectivity index (χ2n) is 4.72. The summed E-state index contributed by atoms with van der Waals surface area (Å²) in [6, 6.07) is 0. The Kier molecular flexibility index (Phi) is 3.17. The average Bonchev–Trinajstić information content (AvgIpc) is 2.57. The summed E-state index contributed by atoms with van der Waals surface area (Å²) in [4.78, 5) is 13.6. The fourth-order valence-electron chi connectivity index (χ4n) is 2.40. The summed E-state index contributed by atoms with van der Waals surface area (Å²) in [6.07, 6.45) is 4.28. The highest BCUT2D eigenvalue weighted by molar-refractivity contribution is 8.00. The molecule has 0 aromatic carbocycles. The van der Waals surface area contributed by atoms with E-state index in [1.807, 2.05) is 0 Å². The topological polar surface area (TPSA) is 20.3 Å². The van der Waals surface area contributed by atoms with Gasteiger partial charge in [0.25, 0.3) is 0 Å². The molecule has 1 unspecified atom stereocenters. The minimum Gasteiger partial charge on any atom is -0.301 e. The van der Waals surface area contributed by atoms with Gasteiger partial charge in [-0.2, -0.15) is 11.8 Å². The molecule has 2 rings (SSSR count). The number of Topliss-reactive ketones (excluding diaryl/α,β-unsaturated/α-hetero) is 1. The molecule has 1 atom stereocenters. The third-order valence-corrected chi connectivity index (χ3v) is 4.80. The lowest BCUT2D eigenvalue weighted by atomic mass is 10.0. The maximum absolute atomic E-state index is 11.1. The van der Waals surface area contributed by atoms with Crippen LogP contribution >= 0.6 is 11.8 Å². The van der Waals surface area contributed by atoms with E-state index < -0.39 is 0 Å². The van der Waals surface area contributed by atoms with Gasteiger partial charge in [-0.3, -0.25) is 4.79 Å². The number of carbonyl (C=O) groups is 1. The first kappa shape index (κ1) is 10.5. The number of thioether (sulfide) groups is 1. The van der Waals surface area contributed by atoms with Gasteiger partial charge in [-0.1, -0.05) is 0 Å². The van der Waals surface area contributed by atoms with Gasteiger partial charge in [0, 0.05) is 37.2 Å². The fourth-order valence-corrected chi connectivity index (χ4v) is 3.74. The monoisotopic (exact) mass is 213 g/mol. The molecule has 0 radical (unpaired) electrons. The predicted octanol–water partition coefficient (Wildman–Crippen LogP) is 1.94. The zero-order valence-corrected chi connectivity index (χ0v) is 9.74. The van der Waals surface area contributed by atoms with Gasteiger partial charge in [0.1, 0.15) is 5.78 Å². The van der Waals surface area contributed by atoms with E-state index in [4.69, 9.17) is 0 Å². The fraction of sp³-hybridized carbons (Fsp3) is 0.909. The maximum Gasteiger partial charge on any atom is 0.135 e. The lowest BCUT2D eigenvalue weighted by molar-refractivity contribution is -0.121. The van der Waals surface area contributed by atoms with Crippen molar-refractivity contribution in [2.24, 2.45) is 0 Å². The first-order valence-electron chi connectivity index (χ1n) is 5.56. The van der Waals surface area contributed by atoms with Crippen LogP contribution in [0.2, 0.25) is 0 Å². The molecule has 2 nitrogen and oxygen atoms in total. The van der Waals surface area contributed by atoms with Crippen molar-refractivity contribution < 1.29 is 4.79 Å². The minimum absolute atomic E-state index is 0.450. The van der Waals surface area contributed by atoms with Crippen LogP contribution in [0.3, 0.4) is 0 Å². The normalized spacial score (nSPS) is 35.1. The summed E-state index contributed by atoms with van der Waals surface area (Å²) in [7, 11) is 0. The van der Waals surface area contributed by atoms with Crippen LogP contribution in [0.5, 0.6) is 0 Å². The molecule has 2 aliphatic heterocycles. The zero-order chi connectivity index (χ0) is 10.0. The number of carbonyl (C=O) groups excluding carboxylic acids is 1. The van der Waals surface area contributed by atoms with Crippen LogP contribution in [0.1, 0.15) is 32.6 Å². The van der Waals surface area contributed by atoms with Crippen molar-refractivity contribution in [2.45, 2.75) is 37.4 Å². The van der Waals surface area contributed by atoms with E-state index in [1.54, 1.807) is 0 Å². The van der Waals surface area contributed by atoms with Crippen LogP contribution in [-0.2, 0) is 4.79 Å². The van der Waals surface area contributed by atoms with E-state index in [0.717, 1.165) is 25.9 Å². The van der Waals surface area contributed by atoms with Crippen molar-refractivity contribution >= 4 is 17.5 Å². The smallest absolute Gasteiger partial charge is 0.135 e. The molecule has 0 bridgehead atoms. The Labute approximate surface area is 90.4 Å². The van der Waals surface area contributed by atoms with E-state index in [2.05, 4.69) is 23.6 Å². The van der Waals surface area contributed by atoms with Crippen LogP contribution < -0.4 is 0 Å². The van der Waals surface area contributed by atoms with Crippen LogP contribution in [0.25, 0.3) is 0 Å². The van der Waals surface area contributed by atoms with E-state index in [-0.39, 0.29) is 0 Å². The third-order valence-electron chi connectivity index (χ3n) is 3.27. The van der Waals surface area contributed by atoms with Crippen LogP contribution in [0, 0.1) is 0 Å². The molecule has 3 heteroatoms. The number of likely N-dealkylation sites (tertiary alicyclic amines) is 1. The largest absolute Gasteiger partial charge is 0.301 e. The zero-order valence-electron chi connectivity index (χ0n) is 8.92. The quantitative estimate of drug-likeness (QED) is 0.699. The molecule has 0 spiro atoms. The van der Waals surface area contributed by atoms with Crippen molar-refractivity contribution in [1.29, 1.82) is 0 Å². The summed E-state index contributed by atoms with van der Waals surface area (Å²) in [5.74, 6) is 1.77. The van der Waals surface area contributed by atoms with E-state index in [0.29, 0.717) is 10.5 Å². The first-order valence-corrected chi connectivity index (χ1v) is 6.55. The highest BCUT2D eigenvalue weighted by Crippen LogP contribution is 2.38. The van der Waals surface area contributed by atoms with Gasteiger partial charge in [0.2, 0.25) is 0 Å². The highest BCUT2D eigenvalue weighted by Gasteiger charge is 2.32. The van der Waals surface area contributed by atoms with Crippen molar-refractivity contribution in [3.05, 3.63) is 0 Å². The third kappa shape index (κ3) is 2.51. The number of rotatable bonds is 2. The van der Waals surface area contributed by atoms with Gasteiger partial charge in [-0.25, -0.2) is 0 Å². The second-order valence-corrected chi connectivity index (χ2v) is 6.40. The molecule has 2 fully saturated rings. The Morgan fingerprint density at radius 2 is 2.14 bits per heavy atom. The Morgan fingerprint density at radius 1 is 1.43 bits per heavy atom. The van der Waals surface area contributed by atoms with Gasteiger partial charge >= 0.3 is 0 Å². The number of hydrogen-bond donors (Lipinski definition) is 0. The van der Waals surface area contributed by atoms with Crippen LogP contribution in [0.4, 0.5) is 0 Å². The summed E-state index contributed by atoms with van der Waals surface area (Å²) < 4.78 is 0.473. The van der Waals surface area contributed by atoms with Crippen LogP contribution in [-0.4, -0.2) is 40.8 Å². The predicted molar refractivity (Wildman–Crippen MR) is 60.8 cm³/mol. The van der Waals surface area contributed by atoms with Crippen LogP contribution in [0.15, 0.2) is 0 Å². The molecular formula is C11H19NOS. The summed E-state index contributed by atoms with van der Waals surface area (Å²) in [6.45, 7) is 5.55. The van der Waals surface area contributed by atoms with Crippen molar-refractivity contribution in [3.63, 3.8) is 0 Å². The lowest BCUT2D eigenvalue weighted by Gasteiger charge is -2.33. The van der Waals surface area contributed by atoms with Crippen molar-refractivity contribution in [3.8, 4) is 0 Å². The summed E-state index contributed by atoms with van der Waals surface area (Å²) >= 11 is 2.11. The molecule has 2 saturated heterocycles. The van der Waals surface area contributed by atoms with E-state index in [1.165, 1.54) is 25.1 Å². The number of ketones is 1. The standard InChI is InChI=1S/C11H19NOS/c1-11(5-2-8-14-11)9-12-6-3-10(13)4-7-12/h2-9H2,1H3. The number of piperidine rings is 1. The summed E-state index contributed by atoms with van der Waals surface area (Å²) in [5, 5.41) is 0. The Bertz CT molecular complexity index is 213. The molecule has 0 saturated carbocycles. The minimum atomic E-state index is 0.450. The highest BCUT2D eigenvalue weighted by atomic mass is 32.2. The maximum atomic E-state index is 11.1. The second kappa shape index (κ2) is 4.23. The van der Waals surface area contributed by atoms with E-state index >= 15 is 0 Å². The number of hydrogen-bond acceptors (Lipinski definition) is 3. The molecule has 0 aromatic heterocycles. The van der Waals surface area contributed by atoms with Crippen molar-refractivity contribution in [2.75, 3.05) is 25.4 Å². The molecule has 80 valence electrons. The molecule has 14 heavy (non-hydrogen) atoms. The molecule has 0 N–H and O–H groups in total. The van der Waals surface area contributed by atoms with Crippen molar-refractivity contribution in [1.82, 2.24) is 4.90 Å². The van der Waals surface area contributed by atoms with Gasteiger partial charge < -0.3 is 4.90 Å². The molecule has 0 amide bonds.